The quantitative estimate of drug-likeness (QED) is 0.368. The van der Waals surface area contributed by atoms with Crippen molar-refractivity contribution in [1.29, 1.82) is 0 Å². The minimum absolute atomic E-state index is 0.0376. The fraction of sp³-hybridized carbons (Fsp3) is 0.727. The summed E-state index contributed by atoms with van der Waals surface area (Å²) in [6.45, 7) is 2.13. The highest BCUT2D eigenvalue weighted by Gasteiger charge is 2.41. The molecule has 0 N–H and O–H groups in total. The molecule has 0 aromatic heterocycles. The number of nitrogens with zero attached hydrogens (tertiary/aromatic N) is 3. The third kappa shape index (κ3) is 1.65. The number of hydrogen-bond acceptors (Lipinski definition) is 2. The predicted octanol–water partition coefficient (Wildman–Crippen LogP) is 3.14. The van der Waals surface area contributed by atoms with E-state index in [9.17, 15) is 4.79 Å². The number of rotatable bonds is 1. The number of fused-ring (bicyclic) bond motifs is 1. The van der Waals surface area contributed by atoms with Crippen LogP contribution < -0.4 is 0 Å². The van der Waals surface area contributed by atoms with Crippen molar-refractivity contribution in [1.82, 2.24) is 0 Å². The lowest BCUT2D eigenvalue weighted by atomic mass is 9.63. The zero-order chi connectivity index (χ0) is 10.9. The number of azide groups is 1. The van der Waals surface area contributed by atoms with Gasteiger partial charge in [-0.25, -0.2) is 0 Å². The molecule has 0 radical (unpaired) electrons. The summed E-state index contributed by atoms with van der Waals surface area (Å²) in [5.41, 5.74) is 9.69. The van der Waals surface area contributed by atoms with Gasteiger partial charge >= 0.3 is 0 Å². The lowest BCUT2D eigenvalue weighted by Crippen LogP contribution is -2.39. The average Bonchev–Trinajstić information content (AvgIpc) is 2.21. The van der Waals surface area contributed by atoms with Gasteiger partial charge in [-0.3, -0.25) is 4.79 Å². The van der Waals surface area contributed by atoms with Gasteiger partial charge < -0.3 is 0 Å². The van der Waals surface area contributed by atoms with Gasteiger partial charge in [0, 0.05) is 17.4 Å². The van der Waals surface area contributed by atoms with Crippen LogP contribution in [0.15, 0.2) is 16.8 Å². The normalized spacial score (nSPS) is 35.1. The maximum atomic E-state index is 11.3. The molecule has 2 rings (SSSR count). The zero-order valence-electron chi connectivity index (χ0n) is 8.94. The maximum absolute atomic E-state index is 11.3. The van der Waals surface area contributed by atoms with E-state index in [0.29, 0.717) is 6.42 Å². The second-order valence-corrected chi connectivity index (χ2v) is 4.67. The molecule has 80 valence electrons. The van der Waals surface area contributed by atoms with E-state index in [1.165, 1.54) is 5.57 Å². The molecular weight excluding hydrogens is 190 g/mol. The molecule has 15 heavy (non-hydrogen) atoms. The molecule has 2 aliphatic rings. The summed E-state index contributed by atoms with van der Waals surface area (Å²) in [6, 6.07) is 0.0376. The first-order chi connectivity index (χ1) is 7.16. The molecule has 0 bridgehead atoms. The van der Waals surface area contributed by atoms with Crippen LogP contribution >= 0.6 is 0 Å². The minimum atomic E-state index is -0.0572. The van der Waals surface area contributed by atoms with Crippen molar-refractivity contribution >= 4 is 5.78 Å². The van der Waals surface area contributed by atoms with E-state index < -0.39 is 0 Å². The summed E-state index contributed by atoms with van der Waals surface area (Å²) in [7, 11) is 0. The molecular formula is C11H15N3O. The second-order valence-electron chi connectivity index (χ2n) is 4.67. The van der Waals surface area contributed by atoms with Gasteiger partial charge in [-0.2, -0.15) is 0 Å². The highest BCUT2D eigenvalue weighted by atomic mass is 16.1. The molecule has 0 saturated heterocycles. The maximum Gasteiger partial charge on any atom is 0.155 e. The van der Waals surface area contributed by atoms with Crippen molar-refractivity contribution < 1.29 is 4.79 Å². The summed E-state index contributed by atoms with van der Waals surface area (Å²) < 4.78 is 0. The Balaban J connectivity index is 2.36. The molecule has 0 unspecified atom stereocenters. The molecule has 0 aliphatic heterocycles. The van der Waals surface area contributed by atoms with Crippen LogP contribution in [0.2, 0.25) is 0 Å². The first kappa shape index (κ1) is 10.2. The topological polar surface area (TPSA) is 65.8 Å². The van der Waals surface area contributed by atoms with E-state index in [-0.39, 0.29) is 17.2 Å². The molecule has 2 atom stereocenters. The lowest BCUT2D eigenvalue weighted by molar-refractivity contribution is -0.116. The third-order valence-corrected chi connectivity index (χ3v) is 3.81. The molecule has 4 nitrogen and oxygen atoms in total. The average molecular weight is 205 g/mol. The summed E-state index contributed by atoms with van der Waals surface area (Å²) in [6.07, 6.45) is 6.17. The molecule has 0 amide bonds. The van der Waals surface area contributed by atoms with Crippen molar-refractivity contribution in [2.24, 2.45) is 10.5 Å². The minimum Gasteiger partial charge on any atom is -0.295 e. The zero-order valence-corrected chi connectivity index (χ0v) is 8.94. The second kappa shape index (κ2) is 3.70. The van der Waals surface area contributed by atoms with E-state index in [1.54, 1.807) is 6.08 Å². The predicted molar refractivity (Wildman–Crippen MR) is 57.2 cm³/mol. The largest absolute Gasteiger partial charge is 0.295 e. The Kier molecular flexibility index (Phi) is 2.53. The van der Waals surface area contributed by atoms with Crippen LogP contribution in [0.4, 0.5) is 0 Å². The lowest BCUT2D eigenvalue weighted by Gasteiger charge is -2.43. The highest BCUT2D eigenvalue weighted by molar-refractivity contribution is 5.91. The van der Waals surface area contributed by atoms with Gasteiger partial charge in [-0.05, 0) is 42.7 Å². The van der Waals surface area contributed by atoms with Gasteiger partial charge in [-0.15, -0.1) is 0 Å². The fourth-order valence-corrected chi connectivity index (χ4v) is 2.77. The number of carbonyl (C=O) groups excluding carboxylic acids is 1. The highest BCUT2D eigenvalue weighted by Crippen LogP contribution is 2.47. The Bertz CT molecular complexity index is 368. The van der Waals surface area contributed by atoms with Crippen LogP contribution in [-0.4, -0.2) is 11.8 Å². The van der Waals surface area contributed by atoms with E-state index in [0.717, 1.165) is 25.7 Å². The van der Waals surface area contributed by atoms with E-state index >= 15 is 0 Å². The Morgan fingerprint density at radius 1 is 1.60 bits per heavy atom. The van der Waals surface area contributed by atoms with E-state index in [4.69, 9.17) is 5.53 Å². The Labute approximate surface area is 89.0 Å². The Morgan fingerprint density at radius 3 is 3.13 bits per heavy atom. The molecule has 2 aliphatic carbocycles. The van der Waals surface area contributed by atoms with Gasteiger partial charge in [-0.1, -0.05) is 17.6 Å². The molecule has 1 saturated carbocycles. The van der Waals surface area contributed by atoms with Gasteiger partial charge in [0.2, 0.25) is 0 Å². The van der Waals surface area contributed by atoms with Gasteiger partial charge in [0.25, 0.3) is 0 Å². The van der Waals surface area contributed by atoms with Gasteiger partial charge in [0.15, 0.2) is 5.78 Å². The van der Waals surface area contributed by atoms with Crippen LogP contribution in [-0.2, 0) is 4.79 Å². The number of allylic oxidation sites excluding steroid dienone is 1. The van der Waals surface area contributed by atoms with Crippen molar-refractivity contribution in [3.05, 3.63) is 22.1 Å². The summed E-state index contributed by atoms with van der Waals surface area (Å²) in [5.74, 6) is 0.226. The third-order valence-electron chi connectivity index (χ3n) is 3.81. The number of ketones is 1. The SMILES string of the molecule is C[C@]12CCC(=O)C=C1CCC[C@H]2N=[N+]=[N-]. The Morgan fingerprint density at radius 2 is 2.40 bits per heavy atom. The molecule has 1 fully saturated rings. The smallest absolute Gasteiger partial charge is 0.155 e. The first-order valence-corrected chi connectivity index (χ1v) is 5.45. The van der Waals surface area contributed by atoms with Crippen LogP contribution in [0.5, 0.6) is 0 Å². The van der Waals surface area contributed by atoms with Crippen molar-refractivity contribution in [2.45, 2.75) is 45.1 Å². The molecule has 0 heterocycles. The van der Waals surface area contributed by atoms with Crippen molar-refractivity contribution in [3.63, 3.8) is 0 Å². The van der Waals surface area contributed by atoms with Gasteiger partial charge in [0.1, 0.15) is 0 Å². The standard InChI is InChI=1S/C11H15N3O/c1-11-6-5-9(15)7-8(11)3-2-4-10(11)13-14-12/h7,10H,2-6H2,1H3/t10-,11+/m1/s1. The van der Waals surface area contributed by atoms with E-state index in [2.05, 4.69) is 16.9 Å². The molecule has 0 aromatic carbocycles. The summed E-state index contributed by atoms with van der Waals surface area (Å²) in [4.78, 5) is 14.3. The van der Waals surface area contributed by atoms with Crippen LogP contribution in [0.25, 0.3) is 10.4 Å². The molecule has 0 spiro atoms. The number of carbonyl (C=O) groups is 1. The number of hydrogen-bond donors (Lipinski definition) is 0. The van der Waals surface area contributed by atoms with Crippen LogP contribution in [0.1, 0.15) is 39.0 Å². The van der Waals surface area contributed by atoms with Crippen LogP contribution in [0, 0.1) is 5.41 Å². The summed E-state index contributed by atoms with van der Waals surface area (Å²) in [5, 5.41) is 3.89. The Hall–Kier alpha value is -1.28. The van der Waals surface area contributed by atoms with E-state index in [1.807, 2.05) is 0 Å². The van der Waals surface area contributed by atoms with Crippen LogP contribution in [0.3, 0.4) is 0 Å². The monoisotopic (exact) mass is 205 g/mol. The molecule has 4 heteroatoms. The van der Waals surface area contributed by atoms with Gasteiger partial charge in [0.05, 0.1) is 0 Å². The molecule has 0 aromatic rings. The van der Waals surface area contributed by atoms with Crippen molar-refractivity contribution in [3.8, 4) is 0 Å². The summed E-state index contributed by atoms with van der Waals surface area (Å²) >= 11 is 0. The fourth-order valence-electron chi connectivity index (χ4n) is 2.77. The van der Waals surface area contributed by atoms with Crippen molar-refractivity contribution in [2.75, 3.05) is 0 Å². The first-order valence-electron chi connectivity index (χ1n) is 5.45.